The second-order valence-electron chi connectivity index (χ2n) is 4.93. The number of nitrogens with two attached hydrogens (primary N) is 1. The molecule has 20 heavy (non-hydrogen) atoms. The first-order valence-corrected chi connectivity index (χ1v) is 7.23. The molecule has 2 rings (SSSR count). The predicted molar refractivity (Wildman–Crippen MR) is 84.2 cm³/mol. The molecule has 0 aliphatic carbocycles. The van der Waals surface area contributed by atoms with Crippen molar-refractivity contribution in [3.05, 3.63) is 64.2 Å². The lowest BCUT2D eigenvalue weighted by Crippen LogP contribution is -2.08. The van der Waals surface area contributed by atoms with Gasteiger partial charge in [-0.1, -0.05) is 42.8 Å². The topological polar surface area (TPSA) is 35.2 Å². The van der Waals surface area contributed by atoms with Crippen molar-refractivity contribution in [2.45, 2.75) is 32.9 Å². The zero-order valence-corrected chi connectivity index (χ0v) is 12.7. The van der Waals surface area contributed by atoms with E-state index in [-0.39, 0.29) is 6.04 Å². The van der Waals surface area contributed by atoms with Crippen molar-refractivity contribution in [1.29, 1.82) is 0 Å². The van der Waals surface area contributed by atoms with Gasteiger partial charge in [0.1, 0.15) is 12.4 Å². The van der Waals surface area contributed by atoms with Gasteiger partial charge in [-0.2, -0.15) is 0 Å². The highest BCUT2D eigenvalue weighted by atomic mass is 35.5. The van der Waals surface area contributed by atoms with E-state index in [0.717, 1.165) is 23.3 Å². The van der Waals surface area contributed by atoms with Crippen molar-refractivity contribution in [2.75, 3.05) is 0 Å². The van der Waals surface area contributed by atoms with Crippen molar-refractivity contribution < 1.29 is 4.74 Å². The Bertz CT molecular complexity index is 564. The molecule has 2 N–H and O–H groups in total. The van der Waals surface area contributed by atoms with Gasteiger partial charge in [0.05, 0.1) is 0 Å². The maximum atomic E-state index is 6.00. The molecule has 0 saturated carbocycles. The molecule has 0 saturated heterocycles. The maximum absolute atomic E-state index is 6.00. The van der Waals surface area contributed by atoms with E-state index in [2.05, 4.69) is 31.2 Å². The molecule has 0 radical (unpaired) electrons. The average Bonchev–Trinajstić information content (AvgIpc) is 2.46. The van der Waals surface area contributed by atoms with Crippen LogP contribution in [0.4, 0.5) is 0 Å². The first-order valence-electron chi connectivity index (χ1n) is 6.85. The molecule has 2 aromatic carbocycles. The Labute approximate surface area is 125 Å². The monoisotopic (exact) mass is 289 g/mol. The Morgan fingerprint density at radius 1 is 1.10 bits per heavy atom. The van der Waals surface area contributed by atoms with Crippen molar-refractivity contribution in [3.63, 3.8) is 0 Å². The molecular formula is C17H20ClNO. The lowest BCUT2D eigenvalue weighted by Gasteiger charge is -2.14. The van der Waals surface area contributed by atoms with E-state index in [1.54, 1.807) is 0 Å². The highest BCUT2D eigenvalue weighted by molar-refractivity contribution is 6.30. The third-order valence-corrected chi connectivity index (χ3v) is 3.52. The van der Waals surface area contributed by atoms with E-state index >= 15 is 0 Å². The van der Waals surface area contributed by atoms with E-state index in [0.29, 0.717) is 11.6 Å². The van der Waals surface area contributed by atoms with Crippen LogP contribution in [0.1, 0.15) is 36.6 Å². The molecular weight excluding hydrogens is 270 g/mol. The molecule has 3 heteroatoms. The first kappa shape index (κ1) is 14.9. The van der Waals surface area contributed by atoms with Gasteiger partial charge in [-0.3, -0.25) is 0 Å². The molecule has 0 unspecified atom stereocenters. The molecule has 0 aliphatic heterocycles. The molecule has 0 heterocycles. The van der Waals surface area contributed by atoms with E-state index in [1.165, 1.54) is 5.56 Å². The van der Waals surface area contributed by atoms with Crippen LogP contribution in [-0.2, 0) is 13.0 Å². The minimum atomic E-state index is -0.105. The Balaban J connectivity index is 2.10. The van der Waals surface area contributed by atoms with Crippen LogP contribution in [0.5, 0.6) is 5.75 Å². The molecule has 2 nitrogen and oxygen atoms in total. The van der Waals surface area contributed by atoms with Gasteiger partial charge >= 0.3 is 0 Å². The second kappa shape index (κ2) is 6.78. The number of halogens is 1. The van der Waals surface area contributed by atoms with Crippen LogP contribution in [0.3, 0.4) is 0 Å². The summed E-state index contributed by atoms with van der Waals surface area (Å²) in [7, 11) is 0. The van der Waals surface area contributed by atoms with Gasteiger partial charge in [-0.05, 0) is 42.7 Å². The molecule has 2 aromatic rings. The highest BCUT2D eigenvalue weighted by Gasteiger charge is 2.09. The van der Waals surface area contributed by atoms with Crippen LogP contribution in [0, 0.1) is 0 Å². The van der Waals surface area contributed by atoms with Gasteiger partial charge in [-0.15, -0.1) is 0 Å². The summed E-state index contributed by atoms with van der Waals surface area (Å²) in [5.41, 5.74) is 9.36. The summed E-state index contributed by atoms with van der Waals surface area (Å²) in [5.74, 6) is 0.795. The minimum Gasteiger partial charge on any atom is -0.489 e. The number of ether oxygens (including phenoxy) is 1. The van der Waals surface area contributed by atoms with E-state index in [9.17, 15) is 0 Å². The predicted octanol–water partition coefficient (Wildman–Crippen LogP) is 4.50. The fourth-order valence-corrected chi connectivity index (χ4v) is 2.22. The average molecular weight is 290 g/mol. The zero-order chi connectivity index (χ0) is 14.5. The van der Waals surface area contributed by atoms with Crippen LogP contribution >= 0.6 is 11.6 Å². The normalized spacial score (nSPS) is 12.2. The molecule has 0 amide bonds. The van der Waals surface area contributed by atoms with Crippen molar-refractivity contribution in [3.8, 4) is 5.75 Å². The smallest absolute Gasteiger partial charge is 0.124 e. The van der Waals surface area contributed by atoms with Crippen LogP contribution in [0.15, 0.2) is 42.5 Å². The lowest BCUT2D eigenvalue weighted by atomic mass is 10.1. The second-order valence-corrected chi connectivity index (χ2v) is 5.37. The SMILES string of the molecule is CCc1ccc(COc2ccc(Cl)cc2[C@@H](C)N)cc1. The van der Waals surface area contributed by atoms with Crippen LogP contribution in [0.25, 0.3) is 0 Å². The summed E-state index contributed by atoms with van der Waals surface area (Å²) < 4.78 is 5.87. The quantitative estimate of drug-likeness (QED) is 0.879. The third-order valence-electron chi connectivity index (χ3n) is 3.29. The summed E-state index contributed by atoms with van der Waals surface area (Å²) in [6.45, 7) is 4.61. The van der Waals surface area contributed by atoms with Gasteiger partial charge in [0, 0.05) is 16.6 Å². The van der Waals surface area contributed by atoms with E-state index in [1.807, 2.05) is 25.1 Å². The van der Waals surface area contributed by atoms with Crippen molar-refractivity contribution in [1.82, 2.24) is 0 Å². The van der Waals surface area contributed by atoms with Crippen LogP contribution < -0.4 is 10.5 Å². The Morgan fingerprint density at radius 3 is 2.35 bits per heavy atom. The summed E-state index contributed by atoms with van der Waals surface area (Å²) in [6, 6.07) is 13.9. The molecule has 106 valence electrons. The van der Waals surface area contributed by atoms with Crippen molar-refractivity contribution in [2.24, 2.45) is 5.73 Å². The van der Waals surface area contributed by atoms with Crippen LogP contribution in [-0.4, -0.2) is 0 Å². The maximum Gasteiger partial charge on any atom is 0.124 e. The number of aryl methyl sites for hydroxylation is 1. The third kappa shape index (κ3) is 3.75. The number of hydrogen-bond acceptors (Lipinski definition) is 2. The Hall–Kier alpha value is -1.51. The van der Waals surface area contributed by atoms with Gasteiger partial charge in [0.25, 0.3) is 0 Å². The standard InChI is InChI=1S/C17H20ClNO/c1-3-13-4-6-14(7-5-13)11-20-17-9-8-15(18)10-16(17)12(2)19/h4-10,12H,3,11,19H2,1-2H3/t12-/m1/s1. The number of rotatable bonds is 5. The minimum absolute atomic E-state index is 0.105. The van der Waals surface area contributed by atoms with Gasteiger partial charge in [-0.25, -0.2) is 0 Å². The van der Waals surface area contributed by atoms with Crippen LogP contribution in [0.2, 0.25) is 5.02 Å². The fraction of sp³-hybridized carbons (Fsp3) is 0.294. The van der Waals surface area contributed by atoms with Gasteiger partial charge in [0.2, 0.25) is 0 Å². The molecule has 0 aromatic heterocycles. The molecule has 0 spiro atoms. The van der Waals surface area contributed by atoms with Gasteiger partial charge < -0.3 is 10.5 Å². The summed E-state index contributed by atoms with van der Waals surface area (Å²) >= 11 is 6.00. The highest BCUT2D eigenvalue weighted by Crippen LogP contribution is 2.27. The number of hydrogen-bond donors (Lipinski definition) is 1. The summed E-state index contributed by atoms with van der Waals surface area (Å²) in [6.07, 6.45) is 1.05. The van der Waals surface area contributed by atoms with Gasteiger partial charge in [0.15, 0.2) is 0 Å². The molecule has 0 fully saturated rings. The number of benzene rings is 2. The molecule has 0 bridgehead atoms. The summed E-state index contributed by atoms with van der Waals surface area (Å²) in [4.78, 5) is 0. The largest absolute Gasteiger partial charge is 0.489 e. The lowest BCUT2D eigenvalue weighted by molar-refractivity contribution is 0.301. The zero-order valence-electron chi connectivity index (χ0n) is 11.9. The first-order chi connectivity index (χ1) is 9.60. The van der Waals surface area contributed by atoms with E-state index < -0.39 is 0 Å². The molecule has 0 aliphatic rings. The summed E-state index contributed by atoms with van der Waals surface area (Å²) in [5, 5.41) is 0.678. The molecule has 1 atom stereocenters. The van der Waals surface area contributed by atoms with Crippen molar-refractivity contribution >= 4 is 11.6 Å². The van der Waals surface area contributed by atoms with E-state index in [4.69, 9.17) is 22.1 Å². The Kier molecular flexibility index (Phi) is 5.05. The Morgan fingerprint density at radius 2 is 1.75 bits per heavy atom. The fourth-order valence-electron chi connectivity index (χ4n) is 2.04.